The molecular formula is C19H14ClN3O4S. The van der Waals surface area contributed by atoms with Crippen LogP contribution in [-0.4, -0.2) is 29.4 Å². The lowest BCUT2D eigenvalue weighted by Gasteiger charge is -2.06. The van der Waals surface area contributed by atoms with Crippen LogP contribution in [0.2, 0.25) is 5.02 Å². The summed E-state index contributed by atoms with van der Waals surface area (Å²) >= 11 is 7.23. The minimum Gasteiger partial charge on any atom is -0.451 e. The van der Waals surface area contributed by atoms with Crippen LogP contribution in [0.4, 0.5) is 5.69 Å². The van der Waals surface area contributed by atoms with Crippen LogP contribution < -0.4 is 11.1 Å². The molecule has 142 valence electrons. The van der Waals surface area contributed by atoms with Gasteiger partial charge in [0, 0.05) is 27.2 Å². The molecule has 0 fully saturated rings. The van der Waals surface area contributed by atoms with Gasteiger partial charge in [0.2, 0.25) is 5.91 Å². The fourth-order valence-electron chi connectivity index (χ4n) is 2.24. The number of ether oxygens (including phenoxy) is 1. The van der Waals surface area contributed by atoms with Crippen molar-refractivity contribution in [1.29, 1.82) is 0 Å². The molecule has 0 atom stereocenters. The number of nitrogens with one attached hydrogen (secondary N) is 1. The minimum absolute atomic E-state index is 0.110. The highest BCUT2D eigenvalue weighted by Gasteiger charge is 2.15. The number of anilines is 1. The first-order valence-corrected chi connectivity index (χ1v) is 9.26. The number of halogens is 1. The first-order chi connectivity index (χ1) is 13.4. The van der Waals surface area contributed by atoms with Crippen molar-refractivity contribution in [3.63, 3.8) is 0 Å². The maximum Gasteiger partial charge on any atom is 0.358 e. The third-order valence-electron chi connectivity index (χ3n) is 3.57. The molecule has 2 aromatic carbocycles. The second-order valence-corrected chi connectivity index (χ2v) is 6.91. The molecule has 3 N–H and O–H groups in total. The van der Waals surface area contributed by atoms with Crippen molar-refractivity contribution < 1.29 is 19.1 Å². The fraction of sp³-hybridized carbons (Fsp3) is 0.0526. The topological polar surface area (TPSA) is 111 Å². The van der Waals surface area contributed by atoms with E-state index in [1.54, 1.807) is 23.6 Å². The van der Waals surface area contributed by atoms with Crippen LogP contribution in [0, 0.1) is 0 Å². The Balaban J connectivity index is 1.55. The third-order valence-corrected chi connectivity index (χ3v) is 4.70. The molecule has 0 aliphatic carbocycles. The van der Waals surface area contributed by atoms with Crippen LogP contribution in [0.5, 0.6) is 0 Å². The number of primary amides is 1. The Morgan fingerprint density at radius 2 is 1.89 bits per heavy atom. The van der Waals surface area contributed by atoms with Crippen molar-refractivity contribution in [2.75, 3.05) is 11.9 Å². The molecular weight excluding hydrogens is 402 g/mol. The summed E-state index contributed by atoms with van der Waals surface area (Å²) < 4.78 is 4.99. The lowest BCUT2D eigenvalue weighted by atomic mass is 10.2. The number of benzene rings is 2. The maximum atomic E-state index is 12.1. The van der Waals surface area contributed by atoms with Crippen molar-refractivity contribution in [3.05, 3.63) is 70.2 Å². The maximum absolute atomic E-state index is 12.1. The van der Waals surface area contributed by atoms with Crippen LogP contribution in [0.1, 0.15) is 20.8 Å². The largest absolute Gasteiger partial charge is 0.451 e. The molecule has 0 saturated carbocycles. The SMILES string of the molecule is NC(=O)c1ccc(NC(=O)COC(=O)c2csc(-c3cccc(Cl)c3)n2)cc1. The number of esters is 1. The molecule has 2 amide bonds. The van der Waals surface area contributed by atoms with Gasteiger partial charge in [0.25, 0.3) is 5.91 Å². The van der Waals surface area contributed by atoms with Gasteiger partial charge in [-0.1, -0.05) is 23.7 Å². The van der Waals surface area contributed by atoms with E-state index in [-0.39, 0.29) is 5.69 Å². The third kappa shape index (κ3) is 4.93. The van der Waals surface area contributed by atoms with E-state index >= 15 is 0 Å². The number of nitrogens with zero attached hydrogens (tertiary/aromatic N) is 1. The Hall–Kier alpha value is -3.23. The number of hydrogen-bond donors (Lipinski definition) is 2. The number of aromatic nitrogens is 1. The smallest absolute Gasteiger partial charge is 0.358 e. The summed E-state index contributed by atoms with van der Waals surface area (Å²) in [7, 11) is 0. The van der Waals surface area contributed by atoms with Gasteiger partial charge < -0.3 is 15.8 Å². The Bertz CT molecular complexity index is 1030. The van der Waals surface area contributed by atoms with E-state index in [1.165, 1.54) is 35.6 Å². The van der Waals surface area contributed by atoms with E-state index < -0.39 is 24.4 Å². The second-order valence-electron chi connectivity index (χ2n) is 5.61. The molecule has 3 aromatic rings. The molecule has 0 aliphatic heterocycles. The van der Waals surface area contributed by atoms with Crippen molar-refractivity contribution in [1.82, 2.24) is 4.98 Å². The molecule has 0 bridgehead atoms. The Labute approximate surface area is 169 Å². The molecule has 9 heteroatoms. The Morgan fingerprint density at radius 3 is 2.57 bits per heavy atom. The number of nitrogens with two attached hydrogens (primary N) is 1. The molecule has 7 nitrogen and oxygen atoms in total. The summed E-state index contributed by atoms with van der Waals surface area (Å²) in [6.45, 7) is -0.472. The van der Waals surface area contributed by atoms with Gasteiger partial charge in [0.15, 0.2) is 12.3 Å². The highest BCUT2D eigenvalue weighted by Crippen LogP contribution is 2.26. The van der Waals surface area contributed by atoms with Crippen molar-refractivity contribution in [3.8, 4) is 10.6 Å². The molecule has 1 heterocycles. The number of rotatable bonds is 6. The summed E-state index contributed by atoms with van der Waals surface area (Å²) in [6, 6.07) is 13.1. The molecule has 0 spiro atoms. The summed E-state index contributed by atoms with van der Waals surface area (Å²) in [6.07, 6.45) is 0. The first kappa shape index (κ1) is 19.5. The van der Waals surface area contributed by atoms with Crippen molar-refractivity contribution >= 4 is 46.4 Å². The van der Waals surface area contributed by atoms with Crippen LogP contribution in [0.3, 0.4) is 0 Å². The van der Waals surface area contributed by atoms with E-state index in [0.29, 0.717) is 21.3 Å². The molecule has 3 rings (SSSR count). The van der Waals surface area contributed by atoms with E-state index in [1.807, 2.05) is 6.07 Å². The van der Waals surface area contributed by atoms with Gasteiger partial charge in [0.05, 0.1) is 0 Å². The second kappa shape index (κ2) is 8.64. The summed E-state index contributed by atoms with van der Waals surface area (Å²) in [5.41, 5.74) is 6.82. The fourth-order valence-corrected chi connectivity index (χ4v) is 3.22. The molecule has 0 saturated heterocycles. The predicted octanol–water partition coefficient (Wildman–Crippen LogP) is 3.36. The average molecular weight is 416 g/mol. The zero-order chi connectivity index (χ0) is 20.1. The monoisotopic (exact) mass is 415 g/mol. The zero-order valence-electron chi connectivity index (χ0n) is 14.3. The standard InChI is InChI=1S/C19H14ClN3O4S/c20-13-3-1-2-12(8-13)18-23-15(10-28-18)19(26)27-9-16(24)22-14-6-4-11(5-7-14)17(21)25/h1-8,10H,9H2,(H2,21,25)(H,22,24). The summed E-state index contributed by atoms with van der Waals surface area (Å²) in [4.78, 5) is 39.3. The van der Waals surface area contributed by atoms with Crippen LogP contribution in [0.15, 0.2) is 53.9 Å². The Morgan fingerprint density at radius 1 is 1.14 bits per heavy atom. The number of amides is 2. The van der Waals surface area contributed by atoms with Gasteiger partial charge in [-0.3, -0.25) is 9.59 Å². The number of carbonyl (C=O) groups excluding carboxylic acids is 3. The van der Waals surface area contributed by atoms with Crippen LogP contribution in [-0.2, 0) is 9.53 Å². The summed E-state index contributed by atoms with van der Waals surface area (Å²) in [5.74, 6) is -1.79. The lowest BCUT2D eigenvalue weighted by molar-refractivity contribution is -0.119. The number of hydrogen-bond acceptors (Lipinski definition) is 6. The van der Waals surface area contributed by atoms with Crippen LogP contribution in [0.25, 0.3) is 10.6 Å². The van der Waals surface area contributed by atoms with Gasteiger partial charge in [-0.25, -0.2) is 9.78 Å². The highest BCUT2D eigenvalue weighted by atomic mass is 35.5. The summed E-state index contributed by atoms with van der Waals surface area (Å²) in [5, 5.41) is 5.29. The molecule has 1 aromatic heterocycles. The van der Waals surface area contributed by atoms with Gasteiger partial charge >= 0.3 is 5.97 Å². The van der Waals surface area contributed by atoms with Gasteiger partial charge in [-0.2, -0.15) is 0 Å². The lowest BCUT2D eigenvalue weighted by Crippen LogP contribution is -2.21. The predicted molar refractivity (Wildman–Crippen MR) is 106 cm³/mol. The quantitative estimate of drug-likeness (QED) is 0.599. The highest BCUT2D eigenvalue weighted by molar-refractivity contribution is 7.13. The van der Waals surface area contributed by atoms with Gasteiger partial charge in [0.1, 0.15) is 5.01 Å². The molecule has 0 radical (unpaired) electrons. The van der Waals surface area contributed by atoms with E-state index in [4.69, 9.17) is 22.1 Å². The van der Waals surface area contributed by atoms with Gasteiger partial charge in [-0.05, 0) is 36.4 Å². The van der Waals surface area contributed by atoms with E-state index in [9.17, 15) is 14.4 Å². The van der Waals surface area contributed by atoms with Crippen molar-refractivity contribution in [2.24, 2.45) is 5.73 Å². The van der Waals surface area contributed by atoms with E-state index in [2.05, 4.69) is 10.3 Å². The molecule has 28 heavy (non-hydrogen) atoms. The first-order valence-electron chi connectivity index (χ1n) is 8.00. The van der Waals surface area contributed by atoms with E-state index in [0.717, 1.165) is 5.56 Å². The number of carbonyl (C=O) groups is 3. The van der Waals surface area contributed by atoms with Crippen molar-refractivity contribution in [2.45, 2.75) is 0 Å². The minimum atomic E-state index is -0.705. The van der Waals surface area contributed by atoms with Gasteiger partial charge in [-0.15, -0.1) is 11.3 Å². The molecule has 0 aliphatic rings. The molecule has 0 unspecified atom stereocenters. The normalized spacial score (nSPS) is 10.3. The average Bonchev–Trinajstić information content (AvgIpc) is 3.17. The Kier molecular flexibility index (Phi) is 6.03. The number of thiazole rings is 1. The zero-order valence-corrected chi connectivity index (χ0v) is 15.9. The van der Waals surface area contributed by atoms with Crippen LogP contribution >= 0.6 is 22.9 Å².